The molecule has 1 aliphatic heterocycles. The maximum absolute atomic E-state index is 12.5. The summed E-state index contributed by atoms with van der Waals surface area (Å²) in [4.78, 5) is 14.8. The molecule has 4 rings (SSSR count). The number of carbonyl (C=O) groups excluding carboxylic acids is 1. The number of fused-ring (bicyclic) bond motifs is 1. The Morgan fingerprint density at radius 3 is 2.50 bits per heavy atom. The summed E-state index contributed by atoms with van der Waals surface area (Å²) < 4.78 is 5.45. The predicted molar refractivity (Wildman–Crippen MR) is 114 cm³/mol. The number of ether oxygens (including phenoxy) is 1. The molecule has 0 saturated carbocycles. The van der Waals surface area contributed by atoms with Gasteiger partial charge in [-0.2, -0.15) is 0 Å². The number of allylic oxidation sites excluding steroid dienone is 1. The van der Waals surface area contributed by atoms with Gasteiger partial charge in [0.25, 0.3) is 0 Å². The Labute approximate surface area is 165 Å². The average Bonchev–Trinajstić information content (AvgIpc) is 2.77. The van der Waals surface area contributed by atoms with Gasteiger partial charge in [0.15, 0.2) is 5.78 Å². The predicted octanol–water partition coefficient (Wildman–Crippen LogP) is 5.15. The van der Waals surface area contributed by atoms with Crippen molar-refractivity contribution in [1.82, 2.24) is 0 Å². The molecule has 0 amide bonds. The first-order valence-corrected chi connectivity index (χ1v) is 9.52. The second kappa shape index (κ2) is 8.13. The first kappa shape index (κ1) is 18.1. The van der Waals surface area contributed by atoms with Gasteiger partial charge in [-0.25, -0.2) is 0 Å². The van der Waals surface area contributed by atoms with E-state index in [0.29, 0.717) is 5.56 Å². The largest absolute Gasteiger partial charge is 0.497 e. The summed E-state index contributed by atoms with van der Waals surface area (Å²) in [6.07, 6.45) is 4.57. The van der Waals surface area contributed by atoms with Gasteiger partial charge < -0.3 is 9.64 Å². The van der Waals surface area contributed by atoms with Crippen molar-refractivity contribution in [3.63, 3.8) is 0 Å². The minimum atomic E-state index is 0.00589. The van der Waals surface area contributed by atoms with E-state index in [2.05, 4.69) is 35.2 Å². The highest BCUT2D eigenvalue weighted by atomic mass is 16.5. The van der Waals surface area contributed by atoms with Crippen LogP contribution in [0.5, 0.6) is 5.75 Å². The van der Waals surface area contributed by atoms with Crippen molar-refractivity contribution in [3.05, 3.63) is 101 Å². The molecule has 28 heavy (non-hydrogen) atoms. The fraction of sp³-hybridized carbons (Fsp3) is 0.160. The van der Waals surface area contributed by atoms with Crippen molar-refractivity contribution in [2.45, 2.75) is 13.0 Å². The Bertz CT molecular complexity index is 1010. The Morgan fingerprint density at radius 1 is 0.964 bits per heavy atom. The third kappa shape index (κ3) is 3.84. The molecule has 0 saturated heterocycles. The van der Waals surface area contributed by atoms with Crippen molar-refractivity contribution < 1.29 is 9.53 Å². The van der Waals surface area contributed by atoms with Crippen LogP contribution in [-0.4, -0.2) is 19.4 Å². The lowest BCUT2D eigenvalue weighted by molar-refractivity contribution is 0.104. The van der Waals surface area contributed by atoms with E-state index in [1.54, 1.807) is 13.2 Å². The fourth-order valence-electron chi connectivity index (χ4n) is 3.63. The number of hydrogen-bond donors (Lipinski definition) is 0. The summed E-state index contributed by atoms with van der Waals surface area (Å²) in [6, 6.07) is 23.9. The zero-order valence-corrected chi connectivity index (χ0v) is 16.0. The molecule has 0 unspecified atom stereocenters. The molecule has 0 bridgehead atoms. The van der Waals surface area contributed by atoms with Crippen molar-refractivity contribution in [2.24, 2.45) is 0 Å². The molecule has 0 N–H and O–H groups in total. The van der Waals surface area contributed by atoms with E-state index in [1.807, 2.05) is 48.5 Å². The van der Waals surface area contributed by atoms with Crippen LogP contribution >= 0.6 is 0 Å². The molecule has 3 heteroatoms. The lowest BCUT2D eigenvalue weighted by Gasteiger charge is -2.32. The third-order valence-corrected chi connectivity index (χ3v) is 5.18. The number of carbonyl (C=O) groups is 1. The van der Waals surface area contributed by atoms with Crippen LogP contribution < -0.4 is 9.64 Å². The monoisotopic (exact) mass is 369 g/mol. The van der Waals surface area contributed by atoms with E-state index < -0.39 is 0 Å². The summed E-state index contributed by atoms with van der Waals surface area (Å²) in [5, 5.41) is 0. The topological polar surface area (TPSA) is 29.5 Å². The Morgan fingerprint density at radius 2 is 1.71 bits per heavy atom. The molecule has 0 radical (unpaired) electrons. The standard InChI is InChI=1S/C25H23NO2/c1-28-23-13-11-20(12-14-25(27)21-8-3-2-4-9-21)24(17-23)26-16-15-19-7-5-6-10-22(19)18-26/h2-14,17H,15-16,18H2,1H3/b14-12+. The van der Waals surface area contributed by atoms with Gasteiger partial charge >= 0.3 is 0 Å². The van der Waals surface area contributed by atoms with Crippen LogP contribution in [0.1, 0.15) is 27.0 Å². The highest BCUT2D eigenvalue weighted by molar-refractivity contribution is 6.07. The Balaban J connectivity index is 1.64. The zero-order chi connectivity index (χ0) is 19.3. The van der Waals surface area contributed by atoms with Crippen molar-refractivity contribution in [3.8, 4) is 5.75 Å². The molecule has 3 nitrogen and oxygen atoms in total. The van der Waals surface area contributed by atoms with Gasteiger partial charge in [-0.3, -0.25) is 4.79 Å². The Hall–Kier alpha value is -3.33. The zero-order valence-electron chi connectivity index (χ0n) is 16.0. The molecule has 1 aliphatic rings. The summed E-state index contributed by atoms with van der Waals surface area (Å²) in [7, 11) is 1.68. The van der Waals surface area contributed by atoms with E-state index in [-0.39, 0.29) is 5.78 Å². The van der Waals surface area contributed by atoms with Crippen LogP contribution in [-0.2, 0) is 13.0 Å². The molecule has 140 valence electrons. The van der Waals surface area contributed by atoms with Gasteiger partial charge in [-0.05, 0) is 47.4 Å². The number of nitrogens with zero attached hydrogens (tertiary/aromatic N) is 1. The number of benzene rings is 3. The normalized spacial score (nSPS) is 13.4. The molecule has 0 spiro atoms. The van der Waals surface area contributed by atoms with E-state index in [1.165, 1.54) is 11.1 Å². The minimum absolute atomic E-state index is 0.00589. The molecular weight excluding hydrogens is 346 g/mol. The van der Waals surface area contributed by atoms with Crippen LogP contribution in [0.15, 0.2) is 78.9 Å². The second-order valence-electron chi connectivity index (χ2n) is 6.93. The average molecular weight is 369 g/mol. The first-order valence-electron chi connectivity index (χ1n) is 9.52. The molecule has 0 atom stereocenters. The molecule has 0 fully saturated rings. The van der Waals surface area contributed by atoms with Crippen LogP contribution in [0, 0.1) is 0 Å². The highest BCUT2D eigenvalue weighted by Crippen LogP contribution is 2.31. The lowest BCUT2D eigenvalue weighted by atomic mass is 9.98. The van der Waals surface area contributed by atoms with Crippen molar-refractivity contribution in [2.75, 3.05) is 18.6 Å². The summed E-state index contributed by atoms with van der Waals surface area (Å²) in [5.74, 6) is 0.826. The molecule has 0 aliphatic carbocycles. The van der Waals surface area contributed by atoms with Crippen molar-refractivity contribution in [1.29, 1.82) is 0 Å². The van der Waals surface area contributed by atoms with E-state index in [0.717, 1.165) is 36.5 Å². The number of rotatable bonds is 5. The smallest absolute Gasteiger partial charge is 0.185 e. The molecule has 3 aromatic rings. The maximum atomic E-state index is 12.5. The van der Waals surface area contributed by atoms with Gasteiger partial charge in [0.1, 0.15) is 5.75 Å². The molecule has 1 heterocycles. The maximum Gasteiger partial charge on any atom is 0.185 e. The first-order chi connectivity index (χ1) is 13.7. The molecular formula is C25H23NO2. The highest BCUT2D eigenvalue weighted by Gasteiger charge is 2.18. The summed E-state index contributed by atoms with van der Waals surface area (Å²) >= 11 is 0. The van der Waals surface area contributed by atoms with Gasteiger partial charge in [0, 0.05) is 30.4 Å². The van der Waals surface area contributed by atoms with Gasteiger partial charge in [-0.1, -0.05) is 54.6 Å². The number of anilines is 1. The molecule has 0 aromatic heterocycles. The van der Waals surface area contributed by atoms with Gasteiger partial charge in [0.05, 0.1) is 7.11 Å². The second-order valence-corrected chi connectivity index (χ2v) is 6.93. The minimum Gasteiger partial charge on any atom is -0.497 e. The third-order valence-electron chi connectivity index (χ3n) is 5.18. The van der Waals surface area contributed by atoms with Crippen molar-refractivity contribution >= 4 is 17.5 Å². The van der Waals surface area contributed by atoms with Crippen LogP contribution in [0.25, 0.3) is 6.08 Å². The summed E-state index contributed by atoms with van der Waals surface area (Å²) in [5.41, 5.74) is 5.57. The number of methoxy groups -OCH3 is 1. The van der Waals surface area contributed by atoms with Crippen LogP contribution in [0.2, 0.25) is 0 Å². The van der Waals surface area contributed by atoms with Crippen LogP contribution in [0.4, 0.5) is 5.69 Å². The van der Waals surface area contributed by atoms with Gasteiger partial charge in [-0.15, -0.1) is 0 Å². The molecule has 3 aromatic carbocycles. The van der Waals surface area contributed by atoms with E-state index >= 15 is 0 Å². The van der Waals surface area contributed by atoms with E-state index in [4.69, 9.17) is 4.74 Å². The fourth-order valence-corrected chi connectivity index (χ4v) is 3.63. The SMILES string of the molecule is COc1ccc(/C=C/C(=O)c2ccccc2)c(N2CCc3ccccc3C2)c1. The van der Waals surface area contributed by atoms with Gasteiger partial charge in [0.2, 0.25) is 0 Å². The lowest BCUT2D eigenvalue weighted by Crippen LogP contribution is -2.30. The van der Waals surface area contributed by atoms with Crippen LogP contribution in [0.3, 0.4) is 0 Å². The summed E-state index contributed by atoms with van der Waals surface area (Å²) in [6.45, 7) is 1.80. The Kier molecular flexibility index (Phi) is 5.24. The quantitative estimate of drug-likeness (QED) is 0.460. The van der Waals surface area contributed by atoms with E-state index in [9.17, 15) is 4.79 Å². The number of hydrogen-bond acceptors (Lipinski definition) is 3. The number of ketones is 1.